The fraction of sp³-hybridized carbons (Fsp3) is 0.414. The standard InChI is InChI=1S/C29H36FN5O2/c1-29(2)24(18-26(37-29)27-23-8-7-22(30)17-25(23)33-28(27)36)21-5-3-20(4-6-21)19-32-10-12-35-15-13-34(11-9-31)14-16-35/h3-8,17-18,32H,9-16,19,31H2,1-2H3,(H,33,36). The van der Waals surface area contributed by atoms with Gasteiger partial charge in [0.2, 0.25) is 0 Å². The zero-order valence-electron chi connectivity index (χ0n) is 21.6. The van der Waals surface area contributed by atoms with Crippen molar-refractivity contribution in [3.05, 3.63) is 76.8 Å². The van der Waals surface area contributed by atoms with Gasteiger partial charge in [-0.1, -0.05) is 24.3 Å². The molecule has 2 aromatic carbocycles. The monoisotopic (exact) mass is 505 g/mol. The van der Waals surface area contributed by atoms with Crippen LogP contribution in [-0.4, -0.2) is 73.7 Å². The van der Waals surface area contributed by atoms with Gasteiger partial charge in [-0.15, -0.1) is 0 Å². The molecule has 7 nitrogen and oxygen atoms in total. The molecule has 1 fully saturated rings. The summed E-state index contributed by atoms with van der Waals surface area (Å²) in [6.07, 6.45) is 1.94. The Kier molecular flexibility index (Phi) is 7.44. The van der Waals surface area contributed by atoms with Crippen molar-refractivity contribution in [3.63, 3.8) is 0 Å². The number of benzene rings is 2. The first-order chi connectivity index (χ1) is 17.8. The summed E-state index contributed by atoms with van der Waals surface area (Å²) < 4.78 is 19.9. The van der Waals surface area contributed by atoms with Gasteiger partial charge in [0.05, 0.1) is 11.3 Å². The van der Waals surface area contributed by atoms with Gasteiger partial charge in [0.15, 0.2) is 0 Å². The Hall–Kier alpha value is -3.04. The van der Waals surface area contributed by atoms with E-state index in [2.05, 4.69) is 44.7 Å². The van der Waals surface area contributed by atoms with Crippen molar-refractivity contribution in [1.82, 2.24) is 15.1 Å². The van der Waals surface area contributed by atoms with Crippen LogP contribution >= 0.6 is 0 Å². The van der Waals surface area contributed by atoms with Crippen LogP contribution in [0.25, 0.3) is 11.1 Å². The highest BCUT2D eigenvalue weighted by Crippen LogP contribution is 2.44. The first-order valence-corrected chi connectivity index (χ1v) is 13.1. The van der Waals surface area contributed by atoms with Gasteiger partial charge in [0.25, 0.3) is 5.91 Å². The number of allylic oxidation sites excluding steroid dienone is 1. The molecule has 0 aromatic heterocycles. The molecule has 1 amide bonds. The van der Waals surface area contributed by atoms with Crippen molar-refractivity contribution in [3.8, 4) is 0 Å². The molecule has 4 N–H and O–H groups in total. The van der Waals surface area contributed by atoms with Crippen LogP contribution in [0.1, 0.15) is 30.5 Å². The van der Waals surface area contributed by atoms with E-state index in [4.69, 9.17) is 10.5 Å². The third-order valence-corrected chi connectivity index (χ3v) is 7.37. The lowest BCUT2D eigenvalue weighted by molar-refractivity contribution is -0.111. The van der Waals surface area contributed by atoms with Gasteiger partial charge in [-0.3, -0.25) is 14.6 Å². The van der Waals surface area contributed by atoms with Gasteiger partial charge in [0.1, 0.15) is 17.2 Å². The van der Waals surface area contributed by atoms with Crippen molar-refractivity contribution < 1.29 is 13.9 Å². The van der Waals surface area contributed by atoms with Crippen LogP contribution < -0.4 is 16.4 Å². The summed E-state index contributed by atoms with van der Waals surface area (Å²) in [5, 5.41) is 6.30. The maximum absolute atomic E-state index is 13.6. The lowest BCUT2D eigenvalue weighted by Crippen LogP contribution is -2.49. The number of nitrogens with two attached hydrogens (primary N) is 1. The van der Waals surface area contributed by atoms with Crippen LogP contribution in [0, 0.1) is 5.82 Å². The van der Waals surface area contributed by atoms with Crippen LogP contribution in [0.5, 0.6) is 0 Å². The summed E-state index contributed by atoms with van der Waals surface area (Å²) in [6.45, 7) is 12.9. The molecule has 196 valence electrons. The van der Waals surface area contributed by atoms with Gasteiger partial charge in [-0.25, -0.2) is 4.39 Å². The van der Waals surface area contributed by atoms with Crippen LogP contribution in [-0.2, 0) is 16.1 Å². The number of ether oxygens (including phenoxy) is 1. The van der Waals surface area contributed by atoms with Crippen LogP contribution in [0.15, 0.2) is 54.3 Å². The van der Waals surface area contributed by atoms with Crippen LogP contribution in [0.3, 0.4) is 0 Å². The largest absolute Gasteiger partial charge is 0.482 e. The molecule has 0 aliphatic carbocycles. The minimum absolute atomic E-state index is 0.275. The Morgan fingerprint density at radius 2 is 1.76 bits per heavy atom. The Bertz CT molecular complexity index is 1210. The maximum Gasteiger partial charge on any atom is 0.260 e. The first kappa shape index (κ1) is 25.6. The predicted octanol–water partition coefficient (Wildman–Crippen LogP) is 3.05. The molecule has 3 aliphatic rings. The quantitative estimate of drug-likeness (QED) is 0.378. The van der Waals surface area contributed by atoms with E-state index in [1.807, 2.05) is 19.9 Å². The highest BCUT2D eigenvalue weighted by atomic mass is 19.1. The molecule has 0 atom stereocenters. The van der Waals surface area contributed by atoms with Crippen molar-refractivity contribution >= 4 is 22.7 Å². The number of carbonyl (C=O) groups is 1. The van der Waals surface area contributed by atoms with Crippen molar-refractivity contribution in [1.29, 1.82) is 0 Å². The second kappa shape index (κ2) is 10.8. The lowest BCUT2D eigenvalue weighted by Gasteiger charge is -2.34. The summed E-state index contributed by atoms with van der Waals surface area (Å²) in [5.74, 6) is -0.148. The average Bonchev–Trinajstić information content (AvgIpc) is 3.37. The third-order valence-electron chi connectivity index (χ3n) is 7.37. The topological polar surface area (TPSA) is 82.9 Å². The molecule has 0 radical (unpaired) electrons. The Morgan fingerprint density at radius 1 is 1.05 bits per heavy atom. The molecule has 0 bridgehead atoms. The summed E-state index contributed by atoms with van der Waals surface area (Å²) in [5.41, 5.74) is 9.92. The second-order valence-electron chi connectivity index (χ2n) is 10.4. The second-order valence-corrected chi connectivity index (χ2v) is 10.4. The minimum atomic E-state index is -0.598. The van der Waals surface area contributed by atoms with Crippen molar-refractivity contribution in [2.24, 2.45) is 5.73 Å². The molecule has 3 heterocycles. The van der Waals surface area contributed by atoms with E-state index in [0.29, 0.717) is 22.6 Å². The number of rotatable bonds is 8. The number of carbonyl (C=O) groups excluding carboxylic acids is 1. The number of halogens is 1. The van der Waals surface area contributed by atoms with Crippen molar-refractivity contribution in [2.75, 3.05) is 57.7 Å². The predicted molar refractivity (Wildman–Crippen MR) is 145 cm³/mol. The van der Waals surface area contributed by atoms with E-state index >= 15 is 0 Å². The molecule has 0 spiro atoms. The summed E-state index contributed by atoms with van der Waals surface area (Å²) in [6, 6.07) is 12.8. The molecular weight excluding hydrogens is 469 g/mol. The van der Waals surface area contributed by atoms with E-state index in [9.17, 15) is 9.18 Å². The highest BCUT2D eigenvalue weighted by Gasteiger charge is 2.38. The van der Waals surface area contributed by atoms with Gasteiger partial charge >= 0.3 is 0 Å². The van der Waals surface area contributed by atoms with E-state index in [1.54, 1.807) is 6.07 Å². The van der Waals surface area contributed by atoms with E-state index in [1.165, 1.54) is 17.7 Å². The van der Waals surface area contributed by atoms with Gasteiger partial charge in [0, 0.05) is 70.0 Å². The number of hydrogen-bond acceptors (Lipinski definition) is 6. The van der Waals surface area contributed by atoms with Gasteiger partial charge in [-0.2, -0.15) is 0 Å². The zero-order valence-corrected chi connectivity index (χ0v) is 21.6. The van der Waals surface area contributed by atoms with Gasteiger partial charge in [-0.05, 0) is 49.2 Å². The normalized spacial score (nSPS) is 21.5. The van der Waals surface area contributed by atoms with Crippen LogP contribution in [0.2, 0.25) is 0 Å². The summed E-state index contributed by atoms with van der Waals surface area (Å²) in [7, 11) is 0. The molecule has 0 unspecified atom stereocenters. The average molecular weight is 506 g/mol. The number of piperazine rings is 1. The number of anilines is 1. The molecule has 0 saturated carbocycles. The fourth-order valence-corrected chi connectivity index (χ4v) is 5.30. The Morgan fingerprint density at radius 3 is 2.46 bits per heavy atom. The van der Waals surface area contributed by atoms with Gasteiger partial charge < -0.3 is 21.1 Å². The zero-order chi connectivity index (χ0) is 26.0. The third kappa shape index (κ3) is 5.62. The summed E-state index contributed by atoms with van der Waals surface area (Å²) >= 11 is 0. The van der Waals surface area contributed by atoms with Crippen molar-refractivity contribution in [2.45, 2.75) is 26.0 Å². The molecule has 3 aliphatic heterocycles. The SMILES string of the molecule is CC1(C)OC(=C2C(=O)Nc3cc(F)ccc32)C=C1c1ccc(CNCCN2CCN(CCN)CC2)cc1. The Labute approximate surface area is 218 Å². The number of amides is 1. The highest BCUT2D eigenvalue weighted by molar-refractivity contribution is 6.32. The van der Waals surface area contributed by atoms with E-state index in [-0.39, 0.29) is 11.7 Å². The minimum Gasteiger partial charge on any atom is -0.482 e. The number of hydrogen-bond donors (Lipinski definition) is 3. The molecule has 8 heteroatoms. The lowest BCUT2D eigenvalue weighted by atomic mass is 9.91. The first-order valence-electron chi connectivity index (χ1n) is 13.1. The van der Waals surface area contributed by atoms with E-state index < -0.39 is 5.60 Å². The molecule has 37 heavy (non-hydrogen) atoms. The number of nitrogens with zero attached hydrogens (tertiary/aromatic N) is 2. The molecule has 1 saturated heterocycles. The fourth-order valence-electron chi connectivity index (χ4n) is 5.30. The Balaban J connectivity index is 1.21. The van der Waals surface area contributed by atoms with E-state index in [0.717, 1.165) is 70.0 Å². The maximum atomic E-state index is 13.6. The van der Waals surface area contributed by atoms with Crippen LogP contribution in [0.4, 0.5) is 10.1 Å². The smallest absolute Gasteiger partial charge is 0.260 e. The molecule has 2 aromatic rings. The molecular formula is C29H36FN5O2. The summed E-state index contributed by atoms with van der Waals surface area (Å²) in [4.78, 5) is 17.6. The number of fused-ring (bicyclic) bond motifs is 1. The molecule has 5 rings (SSSR count). The number of nitrogens with one attached hydrogen (secondary N) is 2.